The van der Waals surface area contributed by atoms with Gasteiger partial charge in [0.15, 0.2) is 0 Å². The van der Waals surface area contributed by atoms with E-state index in [4.69, 9.17) is 22.1 Å². The summed E-state index contributed by atoms with van der Waals surface area (Å²) in [5.41, 5.74) is 7.24. The third-order valence-corrected chi connectivity index (χ3v) is 4.05. The molecular formula is C13H16ClNO. The SMILES string of the molecule is NC1CC(C2CCC2)Oc2ccc(Cl)cc21. The molecular weight excluding hydrogens is 222 g/mol. The van der Waals surface area contributed by atoms with Crippen molar-refractivity contribution in [2.75, 3.05) is 0 Å². The van der Waals surface area contributed by atoms with E-state index in [0.29, 0.717) is 6.10 Å². The van der Waals surface area contributed by atoms with Gasteiger partial charge in [-0.1, -0.05) is 18.0 Å². The van der Waals surface area contributed by atoms with Gasteiger partial charge in [-0.3, -0.25) is 0 Å². The number of benzene rings is 1. The monoisotopic (exact) mass is 237 g/mol. The van der Waals surface area contributed by atoms with Gasteiger partial charge in [0.25, 0.3) is 0 Å². The highest BCUT2D eigenvalue weighted by molar-refractivity contribution is 6.30. The lowest BCUT2D eigenvalue weighted by molar-refractivity contribution is 0.0580. The van der Waals surface area contributed by atoms with E-state index < -0.39 is 0 Å². The molecule has 2 N–H and O–H groups in total. The number of hydrogen-bond donors (Lipinski definition) is 1. The minimum atomic E-state index is 0.0769. The van der Waals surface area contributed by atoms with Crippen LogP contribution in [-0.4, -0.2) is 6.10 Å². The number of hydrogen-bond acceptors (Lipinski definition) is 2. The van der Waals surface area contributed by atoms with Gasteiger partial charge in [-0.2, -0.15) is 0 Å². The van der Waals surface area contributed by atoms with E-state index >= 15 is 0 Å². The first kappa shape index (κ1) is 10.4. The lowest BCUT2D eigenvalue weighted by Gasteiger charge is -2.39. The third-order valence-electron chi connectivity index (χ3n) is 3.81. The summed E-state index contributed by atoms with van der Waals surface area (Å²) < 4.78 is 6.02. The van der Waals surface area contributed by atoms with Gasteiger partial charge in [0.05, 0.1) is 0 Å². The molecule has 0 radical (unpaired) electrons. The maximum Gasteiger partial charge on any atom is 0.124 e. The molecule has 1 saturated carbocycles. The topological polar surface area (TPSA) is 35.2 Å². The predicted octanol–water partition coefficient (Wildman–Crippen LogP) is 3.29. The van der Waals surface area contributed by atoms with Crippen LogP contribution in [0.1, 0.15) is 37.3 Å². The second-order valence-corrected chi connectivity index (χ2v) is 5.31. The van der Waals surface area contributed by atoms with Crippen LogP contribution in [0.25, 0.3) is 0 Å². The fourth-order valence-electron chi connectivity index (χ4n) is 2.61. The molecule has 3 rings (SSSR count). The highest BCUT2D eigenvalue weighted by Gasteiger charge is 2.34. The normalized spacial score (nSPS) is 29.1. The van der Waals surface area contributed by atoms with Crippen LogP contribution in [-0.2, 0) is 0 Å². The molecule has 2 unspecified atom stereocenters. The molecule has 0 saturated heterocycles. The molecule has 1 fully saturated rings. The van der Waals surface area contributed by atoms with Gasteiger partial charge in [0.2, 0.25) is 0 Å². The summed E-state index contributed by atoms with van der Waals surface area (Å²) in [6.07, 6.45) is 5.17. The Labute approximate surface area is 101 Å². The highest BCUT2D eigenvalue weighted by atomic mass is 35.5. The zero-order valence-electron chi connectivity index (χ0n) is 9.16. The summed E-state index contributed by atoms with van der Waals surface area (Å²) in [5, 5.41) is 0.736. The van der Waals surface area contributed by atoms with E-state index in [0.717, 1.165) is 28.7 Å². The van der Waals surface area contributed by atoms with E-state index in [2.05, 4.69) is 0 Å². The Bertz CT molecular complexity index is 403. The molecule has 1 aliphatic heterocycles. The summed E-state index contributed by atoms with van der Waals surface area (Å²) >= 11 is 5.97. The van der Waals surface area contributed by atoms with E-state index in [1.165, 1.54) is 19.3 Å². The van der Waals surface area contributed by atoms with Crippen LogP contribution in [0.5, 0.6) is 5.75 Å². The van der Waals surface area contributed by atoms with Gasteiger partial charge in [-0.05, 0) is 37.0 Å². The quantitative estimate of drug-likeness (QED) is 0.814. The molecule has 0 amide bonds. The highest BCUT2D eigenvalue weighted by Crippen LogP contribution is 2.41. The number of nitrogens with two attached hydrogens (primary N) is 1. The molecule has 16 heavy (non-hydrogen) atoms. The lowest BCUT2D eigenvalue weighted by atomic mass is 9.77. The molecule has 0 aromatic heterocycles. The number of fused-ring (bicyclic) bond motifs is 1. The Kier molecular flexibility index (Phi) is 2.56. The average molecular weight is 238 g/mol. The smallest absolute Gasteiger partial charge is 0.124 e. The fraction of sp³-hybridized carbons (Fsp3) is 0.538. The first-order valence-corrected chi connectivity index (χ1v) is 6.33. The Balaban J connectivity index is 1.87. The first-order chi connectivity index (χ1) is 7.74. The molecule has 1 aliphatic carbocycles. The lowest BCUT2D eigenvalue weighted by Crippen LogP contribution is -2.38. The fourth-order valence-corrected chi connectivity index (χ4v) is 2.79. The van der Waals surface area contributed by atoms with Crippen molar-refractivity contribution < 1.29 is 4.74 Å². The van der Waals surface area contributed by atoms with Gasteiger partial charge >= 0.3 is 0 Å². The molecule has 0 bridgehead atoms. The van der Waals surface area contributed by atoms with Crippen molar-refractivity contribution in [2.45, 2.75) is 37.8 Å². The van der Waals surface area contributed by atoms with Crippen molar-refractivity contribution in [2.24, 2.45) is 11.7 Å². The second-order valence-electron chi connectivity index (χ2n) is 4.87. The van der Waals surface area contributed by atoms with Crippen molar-refractivity contribution in [3.63, 3.8) is 0 Å². The summed E-state index contributed by atoms with van der Waals surface area (Å²) in [5.74, 6) is 1.65. The van der Waals surface area contributed by atoms with Crippen LogP contribution in [0.3, 0.4) is 0 Å². The molecule has 1 heterocycles. The summed E-state index contributed by atoms with van der Waals surface area (Å²) in [4.78, 5) is 0. The van der Waals surface area contributed by atoms with E-state index in [-0.39, 0.29) is 6.04 Å². The van der Waals surface area contributed by atoms with E-state index in [9.17, 15) is 0 Å². The first-order valence-electron chi connectivity index (χ1n) is 5.96. The molecule has 0 spiro atoms. The Hall–Kier alpha value is -0.730. The van der Waals surface area contributed by atoms with Crippen LogP contribution in [0.2, 0.25) is 5.02 Å². The van der Waals surface area contributed by atoms with Crippen LogP contribution in [0, 0.1) is 5.92 Å². The largest absolute Gasteiger partial charge is 0.490 e. The Morgan fingerprint density at radius 2 is 2.12 bits per heavy atom. The minimum absolute atomic E-state index is 0.0769. The van der Waals surface area contributed by atoms with Gasteiger partial charge in [-0.15, -0.1) is 0 Å². The summed E-state index contributed by atoms with van der Waals surface area (Å²) in [6, 6.07) is 5.82. The van der Waals surface area contributed by atoms with Crippen molar-refractivity contribution in [3.8, 4) is 5.75 Å². The third kappa shape index (κ3) is 1.70. The number of halogens is 1. The molecule has 1 aromatic rings. The molecule has 2 atom stereocenters. The van der Waals surface area contributed by atoms with Gasteiger partial charge < -0.3 is 10.5 Å². The average Bonchev–Trinajstić information content (AvgIpc) is 2.17. The van der Waals surface area contributed by atoms with E-state index in [1.807, 2.05) is 18.2 Å². The standard InChI is InChI=1S/C13H16ClNO/c14-9-4-5-12-10(6-9)11(15)7-13(16-12)8-2-1-3-8/h4-6,8,11,13H,1-3,7,15H2. The van der Waals surface area contributed by atoms with Crippen molar-refractivity contribution in [1.82, 2.24) is 0 Å². The molecule has 3 heteroatoms. The summed E-state index contributed by atoms with van der Waals surface area (Å²) in [6.45, 7) is 0. The van der Waals surface area contributed by atoms with Crippen molar-refractivity contribution in [3.05, 3.63) is 28.8 Å². The number of ether oxygens (including phenoxy) is 1. The summed E-state index contributed by atoms with van der Waals surface area (Å²) in [7, 11) is 0. The minimum Gasteiger partial charge on any atom is -0.490 e. The number of rotatable bonds is 1. The van der Waals surface area contributed by atoms with E-state index in [1.54, 1.807) is 0 Å². The van der Waals surface area contributed by atoms with Crippen molar-refractivity contribution in [1.29, 1.82) is 0 Å². The Morgan fingerprint density at radius 1 is 1.31 bits per heavy atom. The van der Waals surface area contributed by atoms with Crippen LogP contribution >= 0.6 is 11.6 Å². The molecule has 86 valence electrons. The maximum atomic E-state index is 6.18. The van der Waals surface area contributed by atoms with Crippen molar-refractivity contribution >= 4 is 11.6 Å². The van der Waals surface area contributed by atoms with Gasteiger partial charge in [0, 0.05) is 23.0 Å². The van der Waals surface area contributed by atoms with Crippen LogP contribution in [0.4, 0.5) is 0 Å². The molecule has 2 nitrogen and oxygen atoms in total. The maximum absolute atomic E-state index is 6.18. The zero-order valence-corrected chi connectivity index (χ0v) is 9.91. The van der Waals surface area contributed by atoms with Gasteiger partial charge in [0.1, 0.15) is 11.9 Å². The second kappa shape index (κ2) is 3.94. The molecule has 1 aromatic carbocycles. The van der Waals surface area contributed by atoms with Crippen LogP contribution in [0.15, 0.2) is 18.2 Å². The predicted molar refractivity (Wildman–Crippen MR) is 64.8 cm³/mol. The Morgan fingerprint density at radius 3 is 2.81 bits per heavy atom. The van der Waals surface area contributed by atoms with Crippen LogP contribution < -0.4 is 10.5 Å². The van der Waals surface area contributed by atoms with Gasteiger partial charge in [-0.25, -0.2) is 0 Å². The zero-order chi connectivity index (χ0) is 11.1. The molecule has 2 aliphatic rings.